The second kappa shape index (κ2) is 13.8. The number of carboxylic acid groups (broad SMARTS) is 1. The Balaban J connectivity index is 0.000000804. The van der Waals surface area contributed by atoms with Crippen molar-refractivity contribution in [1.82, 2.24) is 0 Å². The molecule has 1 aliphatic carbocycles. The summed E-state index contributed by atoms with van der Waals surface area (Å²) >= 11 is 1.10. The molecule has 0 bridgehead atoms. The Morgan fingerprint density at radius 2 is 1.00 bits per heavy atom. The molecule has 0 aromatic heterocycles. The predicted molar refractivity (Wildman–Crippen MR) is 179 cm³/mol. The van der Waals surface area contributed by atoms with Gasteiger partial charge in [0, 0.05) is 0 Å². The number of phenols is 2. The molecule has 2 aromatic carbocycles. The van der Waals surface area contributed by atoms with Crippen LogP contribution >= 0.6 is 0 Å². The van der Waals surface area contributed by atoms with Gasteiger partial charge in [-0.25, -0.2) is 0 Å². The normalized spacial score (nSPS) is 21.0. The van der Waals surface area contributed by atoms with Gasteiger partial charge >= 0.3 is 263 Å². The van der Waals surface area contributed by atoms with Gasteiger partial charge < -0.3 is 9.90 Å². The summed E-state index contributed by atoms with van der Waals surface area (Å²) in [6, 6.07) is 9.47. The van der Waals surface area contributed by atoms with Gasteiger partial charge in [0.1, 0.15) is 5.97 Å². The van der Waals surface area contributed by atoms with Gasteiger partial charge in [-0.2, -0.15) is 13.2 Å². The van der Waals surface area contributed by atoms with Crippen LogP contribution in [-0.4, -0.2) is 54.1 Å². The van der Waals surface area contributed by atoms with Crippen LogP contribution in [0.4, 0.5) is 13.2 Å². The zero-order chi connectivity index (χ0) is 36.8. The first-order chi connectivity index (χ1) is 21.6. The molecular weight excluding hydrogens is 664 g/mol. The second-order valence-electron chi connectivity index (χ2n) is 17.1. The van der Waals surface area contributed by atoms with Gasteiger partial charge in [0.05, 0.1) is 0 Å². The van der Waals surface area contributed by atoms with E-state index in [1.165, 1.54) is 24.0 Å². The molecule has 10 heteroatoms. The molecule has 1 saturated carbocycles. The number of carbonyl (C=O) groups excluding carboxylic acids is 1. The molecule has 0 radical (unpaired) electrons. The largest absolute Gasteiger partial charge is 0.542 e. The number of alkyl halides is 3. The number of aliphatic carboxylic acids is 1. The molecule has 48 heavy (non-hydrogen) atoms. The van der Waals surface area contributed by atoms with E-state index in [0.29, 0.717) is 23.6 Å². The SMILES string of the molecule is CC(C)(C)c1cc(C=[N+]2[Co][N+](=Cc3cc(C(C)(C)C)cc(C(C)(C)C)c3O)C3CCCCC32)c(O)c(C(C)(C)C)c1.O=C([O-])C(F)(F)F. The van der Waals surface area contributed by atoms with Crippen LogP contribution in [0.5, 0.6) is 11.5 Å². The minimum atomic E-state index is -5.19. The smallest absolute Gasteiger partial charge is 0.430 e. The van der Waals surface area contributed by atoms with Gasteiger partial charge in [0.15, 0.2) is 0 Å². The third kappa shape index (κ3) is 9.43. The first kappa shape index (κ1) is 39.6. The van der Waals surface area contributed by atoms with Crippen molar-refractivity contribution in [2.75, 3.05) is 0 Å². The van der Waals surface area contributed by atoms with Crippen LogP contribution in [0.2, 0.25) is 0 Å². The van der Waals surface area contributed by atoms with Crippen molar-refractivity contribution < 1.29 is 55.7 Å². The van der Waals surface area contributed by atoms with E-state index in [1.807, 2.05) is 0 Å². The van der Waals surface area contributed by atoms with E-state index in [9.17, 15) is 23.4 Å². The van der Waals surface area contributed by atoms with E-state index in [4.69, 9.17) is 9.90 Å². The molecule has 2 aliphatic rings. The average Bonchev–Trinajstić information content (AvgIpc) is 3.25. The maximum atomic E-state index is 11.5. The zero-order valence-electron chi connectivity index (χ0n) is 30.5. The van der Waals surface area contributed by atoms with Gasteiger partial charge in [0.2, 0.25) is 0 Å². The summed E-state index contributed by atoms with van der Waals surface area (Å²) in [6.07, 6.45) is 3.89. The van der Waals surface area contributed by atoms with Crippen molar-refractivity contribution in [3.05, 3.63) is 57.6 Å². The molecule has 0 amide bonds. The topological polar surface area (TPSA) is 86.6 Å². The van der Waals surface area contributed by atoms with Gasteiger partial charge in [-0.15, -0.1) is 0 Å². The Hall–Kier alpha value is -2.85. The number of benzene rings is 2. The van der Waals surface area contributed by atoms with E-state index < -0.39 is 12.1 Å². The van der Waals surface area contributed by atoms with Crippen molar-refractivity contribution in [3.8, 4) is 11.5 Å². The molecule has 2 N–H and O–H groups in total. The molecule has 2 fully saturated rings. The van der Waals surface area contributed by atoms with Crippen molar-refractivity contribution in [1.29, 1.82) is 0 Å². The average molecular weight is 719 g/mol. The summed E-state index contributed by atoms with van der Waals surface area (Å²) in [5.41, 5.74) is 5.89. The van der Waals surface area contributed by atoms with Crippen molar-refractivity contribution in [2.24, 2.45) is 0 Å². The van der Waals surface area contributed by atoms with Crippen LogP contribution in [-0.2, 0) is 41.6 Å². The van der Waals surface area contributed by atoms with Gasteiger partial charge in [-0.1, -0.05) is 0 Å². The summed E-state index contributed by atoms with van der Waals surface area (Å²) in [5, 5.41) is 31.8. The van der Waals surface area contributed by atoms with Gasteiger partial charge in [-0.05, 0) is 0 Å². The van der Waals surface area contributed by atoms with Crippen molar-refractivity contribution in [3.63, 3.8) is 0 Å². The maximum Gasteiger partial charge on any atom is 0.430 e. The Kier molecular flexibility index (Phi) is 11.4. The van der Waals surface area contributed by atoms with E-state index in [1.54, 1.807) is 0 Å². The zero-order valence-corrected chi connectivity index (χ0v) is 31.6. The number of halogens is 3. The molecule has 2 unspecified atom stereocenters. The second-order valence-corrected chi connectivity index (χ2v) is 18.4. The Bertz CT molecular complexity index is 1480. The summed E-state index contributed by atoms with van der Waals surface area (Å²) in [4.78, 5) is 8.78. The van der Waals surface area contributed by atoms with Gasteiger partial charge in [0.25, 0.3) is 0 Å². The Morgan fingerprint density at radius 1 is 0.688 bits per heavy atom. The van der Waals surface area contributed by atoms with E-state index in [2.05, 4.69) is 127 Å². The number of phenolic OH excluding ortho intramolecular Hbond substituents is 2. The molecule has 269 valence electrons. The standard InChI is InChI=1S/C36H54N2O2.C2HF3O2.Co/c1-33(2,3)25-17-23(31(39)27(19-25)35(7,8)9)21-37-29-15-13-14-16-30(29)38-22-24-18-26(34(4,5)6)20-28(32(24)40)36(10,11)12;3-2(4,5)1(6)7;/h17-22,29-30,39-40H,13-16H2,1-12H3;(H,6,7);/q;;+2/p-1. The minimum absolute atomic E-state index is 0.0216. The van der Waals surface area contributed by atoms with Crippen LogP contribution in [0.25, 0.3) is 0 Å². The number of hydrogen-bond acceptors (Lipinski definition) is 4. The van der Waals surface area contributed by atoms with Crippen molar-refractivity contribution >= 4 is 18.4 Å². The molecule has 2 atom stereocenters. The monoisotopic (exact) mass is 718 g/mol. The summed E-state index contributed by atoms with van der Waals surface area (Å²) in [7, 11) is 0. The number of carbonyl (C=O) groups is 1. The molecule has 1 aliphatic heterocycles. The predicted octanol–water partition coefficient (Wildman–Crippen LogP) is 7.39. The van der Waals surface area contributed by atoms with E-state index in [-0.39, 0.29) is 21.7 Å². The molecule has 0 spiro atoms. The summed E-state index contributed by atoms with van der Waals surface area (Å²) in [5.74, 6) is -2.23. The number of nitrogens with zero attached hydrogens (tertiary/aromatic N) is 2. The maximum absolute atomic E-state index is 11.5. The van der Waals surface area contributed by atoms with Crippen molar-refractivity contribution in [2.45, 2.75) is 149 Å². The fraction of sp³-hybridized carbons (Fsp3) is 0.605. The molecule has 4 rings (SSSR count). The fourth-order valence-electron chi connectivity index (χ4n) is 5.83. The van der Waals surface area contributed by atoms with Crippen LogP contribution < -0.4 is 5.11 Å². The first-order valence-corrected chi connectivity index (χ1v) is 17.5. The molecule has 6 nitrogen and oxygen atoms in total. The third-order valence-corrected chi connectivity index (χ3v) is 10.3. The number of carboxylic acids is 1. The molecule has 1 saturated heterocycles. The Morgan fingerprint density at radius 3 is 1.25 bits per heavy atom. The van der Waals surface area contributed by atoms with Crippen LogP contribution in [0.15, 0.2) is 24.3 Å². The summed E-state index contributed by atoms with van der Waals surface area (Å²) < 4.78 is 36.4. The number of rotatable bonds is 2. The van der Waals surface area contributed by atoms with Crippen LogP contribution in [0, 0.1) is 0 Å². The molecule has 1 heterocycles. The first-order valence-electron chi connectivity index (χ1n) is 16.5. The molecule has 2 aromatic rings. The number of hydrogen-bond donors (Lipinski definition) is 2. The van der Waals surface area contributed by atoms with Crippen LogP contribution in [0.3, 0.4) is 0 Å². The quantitative estimate of drug-likeness (QED) is 0.339. The summed E-state index contributed by atoms with van der Waals surface area (Å²) in [6.45, 7) is 26.4. The third-order valence-electron chi connectivity index (χ3n) is 8.82. The number of fused-ring (bicyclic) bond motifs is 1. The van der Waals surface area contributed by atoms with E-state index >= 15 is 0 Å². The van der Waals surface area contributed by atoms with Crippen LogP contribution in [0.1, 0.15) is 142 Å². The number of aromatic hydroxyl groups is 2. The molecular formula is C38H54CoF3N2O4+. The van der Waals surface area contributed by atoms with Gasteiger partial charge in [-0.3, -0.25) is 0 Å². The van der Waals surface area contributed by atoms with E-state index in [0.717, 1.165) is 50.2 Å². The minimum Gasteiger partial charge on any atom is -0.542 e. The fourth-order valence-corrected chi connectivity index (χ4v) is 7.45. The Labute approximate surface area is 291 Å².